The maximum absolute atomic E-state index is 12.4. The van der Waals surface area contributed by atoms with Gasteiger partial charge in [0.15, 0.2) is 29.9 Å². The molecule has 2 heterocycles. The van der Waals surface area contributed by atoms with E-state index in [1.54, 1.807) is 14.2 Å². The van der Waals surface area contributed by atoms with Gasteiger partial charge in [-0.2, -0.15) is 5.10 Å². The third kappa shape index (κ3) is 8.34. The van der Waals surface area contributed by atoms with Crippen LogP contribution in [0.25, 0.3) is 0 Å². The zero-order valence-electron chi connectivity index (χ0n) is 26.1. The van der Waals surface area contributed by atoms with Crippen molar-refractivity contribution in [1.29, 1.82) is 0 Å². The third-order valence-electron chi connectivity index (χ3n) is 6.84. The molecule has 1 aliphatic rings. The van der Waals surface area contributed by atoms with Crippen molar-refractivity contribution in [1.82, 2.24) is 19.7 Å². The lowest BCUT2D eigenvalue weighted by atomic mass is 9.95. The Morgan fingerprint density at radius 3 is 2.14 bits per heavy atom. The van der Waals surface area contributed by atoms with Gasteiger partial charge in [-0.3, -0.25) is 19.2 Å². The molecule has 1 aromatic heterocycles. The molecule has 3 rings (SSSR count). The SMILES string of the molecule is COc1ccc(CCc2nn([C@@H]3O[C@H](COC(C)=O)[C@@H](OC(C)=O)[C@H](OC(C)=O)[C@H]3NC(C)=O)c(=S)n2C(C)C)cc1OC. The van der Waals surface area contributed by atoms with Crippen molar-refractivity contribution in [3.63, 3.8) is 0 Å². The Kier molecular flexibility index (Phi) is 11.9. The van der Waals surface area contributed by atoms with Crippen LogP contribution in [-0.2, 0) is 51.0 Å². The number of carbonyl (C=O) groups is 4. The average molecular weight is 637 g/mol. The Labute approximate surface area is 260 Å². The molecule has 1 aliphatic heterocycles. The van der Waals surface area contributed by atoms with Crippen LogP contribution in [0.2, 0.25) is 0 Å². The summed E-state index contributed by atoms with van der Waals surface area (Å²) in [6, 6.07) is 4.46. The number of ether oxygens (including phenoxy) is 6. The van der Waals surface area contributed by atoms with Gasteiger partial charge in [0, 0.05) is 40.2 Å². The molecule has 5 atom stereocenters. The zero-order chi connectivity index (χ0) is 32.7. The van der Waals surface area contributed by atoms with E-state index in [0.29, 0.717) is 30.2 Å². The second-order valence-electron chi connectivity index (χ2n) is 10.5. The summed E-state index contributed by atoms with van der Waals surface area (Å²) in [6.45, 7) is 8.45. The van der Waals surface area contributed by atoms with Crippen LogP contribution in [0.15, 0.2) is 18.2 Å². The van der Waals surface area contributed by atoms with E-state index in [-0.39, 0.29) is 17.4 Å². The molecule has 0 radical (unpaired) electrons. The number of aromatic nitrogens is 3. The molecule has 2 aromatic rings. The Morgan fingerprint density at radius 2 is 1.59 bits per heavy atom. The molecule has 1 saturated heterocycles. The number of nitrogens with zero attached hydrogens (tertiary/aromatic N) is 3. The maximum atomic E-state index is 12.4. The van der Waals surface area contributed by atoms with Gasteiger partial charge < -0.3 is 38.3 Å². The van der Waals surface area contributed by atoms with E-state index in [9.17, 15) is 19.2 Å². The van der Waals surface area contributed by atoms with E-state index in [0.717, 1.165) is 5.56 Å². The second kappa shape index (κ2) is 15.1. The minimum absolute atomic E-state index is 0.102. The average Bonchev–Trinajstić information content (AvgIpc) is 3.27. The highest BCUT2D eigenvalue weighted by molar-refractivity contribution is 7.71. The minimum Gasteiger partial charge on any atom is -0.493 e. The predicted molar refractivity (Wildman–Crippen MR) is 158 cm³/mol. The summed E-state index contributed by atoms with van der Waals surface area (Å²) >= 11 is 5.87. The lowest BCUT2D eigenvalue weighted by Crippen LogP contribution is -2.64. The summed E-state index contributed by atoms with van der Waals surface area (Å²) in [7, 11) is 3.14. The Balaban J connectivity index is 2.10. The molecule has 0 saturated carbocycles. The van der Waals surface area contributed by atoms with Crippen LogP contribution in [-0.4, -0.2) is 83.3 Å². The van der Waals surface area contributed by atoms with E-state index in [1.807, 2.05) is 36.6 Å². The highest BCUT2D eigenvalue weighted by atomic mass is 32.1. The fourth-order valence-electron chi connectivity index (χ4n) is 5.10. The van der Waals surface area contributed by atoms with Crippen LogP contribution in [0.1, 0.15) is 65.2 Å². The number of aryl methyl sites for hydroxylation is 2. The molecule has 1 amide bonds. The number of benzene rings is 1. The zero-order valence-corrected chi connectivity index (χ0v) is 27.0. The summed E-state index contributed by atoms with van der Waals surface area (Å²) in [5.74, 6) is -0.609. The highest BCUT2D eigenvalue weighted by Gasteiger charge is 2.52. The van der Waals surface area contributed by atoms with Gasteiger partial charge in [-0.15, -0.1) is 0 Å². The van der Waals surface area contributed by atoms with Crippen molar-refractivity contribution in [2.24, 2.45) is 0 Å². The van der Waals surface area contributed by atoms with E-state index in [1.165, 1.54) is 32.4 Å². The lowest BCUT2D eigenvalue weighted by Gasteiger charge is -2.45. The molecule has 0 bridgehead atoms. The van der Waals surface area contributed by atoms with Gasteiger partial charge in [0.1, 0.15) is 24.6 Å². The van der Waals surface area contributed by atoms with Crippen LogP contribution >= 0.6 is 12.2 Å². The van der Waals surface area contributed by atoms with Crippen molar-refractivity contribution in [3.05, 3.63) is 34.4 Å². The molecule has 1 fully saturated rings. The van der Waals surface area contributed by atoms with Crippen LogP contribution in [0.4, 0.5) is 0 Å². The van der Waals surface area contributed by atoms with Crippen LogP contribution in [0, 0.1) is 4.77 Å². The van der Waals surface area contributed by atoms with Crippen LogP contribution < -0.4 is 14.8 Å². The predicted octanol–water partition coefficient (Wildman–Crippen LogP) is 2.63. The fourth-order valence-corrected chi connectivity index (χ4v) is 5.56. The summed E-state index contributed by atoms with van der Waals surface area (Å²) < 4.78 is 37.0. The van der Waals surface area contributed by atoms with Crippen molar-refractivity contribution in [2.75, 3.05) is 20.8 Å². The first-order valence-corrected chi connectivity index (χ1v) is 14.5. The molecular weight excluding hydrogens is 596 g/mol. The monoisotopic (exact) mass is 636 g/mol. The molecule has 0 aliphatic carbocycles. The van der Waals surface area contributed by atoms with Crippen LogP contribution in [0.5, 0.6) is 11.5 Å². The van der Waals surface area contributed by atoms with E-state index in [4.69, 9.17) is 45.7 Å². The number of hydrogen-bond acceptors (Lipinski definition) is 12. The van der Waals surface area contributed by atoms with Gasteiger partial charge in [0.2, 0.25) is 10.7 Å². The van der Waals surface area contributed by atoms with Gasteiger partial charge in [0.05, 0.1) is 14.2 Å². The van der Waals surface area contributed by atoms with E-state index < -0.39 is 54.4 Å². The quantitative estimate of drug-likeness (QED) is 0.207. The highest BCUT2D eigenvalue weighted by Crippen LogP contribution is 2.34. The van der Waals surface area contributed by atoms with Gasteiger partial charge in [0.25, 0.3) is 0 Å². The second-order valence-corrected chi connectivity index (χ2v) is 10.9. The topological polar surface area (TPSA) is 158 Å². The van der Waals surface area contributed by atoms with Gasteiger partial charge in [-0.1, -0.05) is 6.07 Å². The number of nitrogens with one attached hydrogen (secondary N) is 1. The molecule has 15 heteroatoms. The van der Waals surface area contributed by atoms with Crippen molar-refractivity contribution in [3.8, 4) is 11.5 Å². The Hall–Kier alpha value is -3.98. The molecule has 0 spiro atoms. The standard InChI is InChI=1S/C29H40N4O10S/c1-15(2)32-24(12-10-20-9-11-21(38-7)22(13-20)39-8)31-33(29(32)44)28-25(30-16(3)34)27(42-19(6)37)26(41-18(5)36)23(43-28)14-40-17(4)35/h9,11,13,15,23,25-28H,10,12,14H2,1-8H3,(H,30,34)/t23-,25-,26-,27-,28-/m1/s1. The van der Waals surface area contributed by atoms with Gasteiger partial charge in [-0.05, 0) is 50.2 Å². The van der Waals surface area contributed by atoms with E-state index in [2.05, 4.69) is 5.32 Å². The maximum Gasteiger partial charge on any atom is 0.303 e. The first-order valence-electron chi connectivity index (χ1n) is 14.1. The number of amides is 1. The Bertz CT molecular complexity index is 1420. The smallest absolute Gasteiger partial charge is 0.303 e. The first-order chi connectivity index (χ1) is 20.8. The van der Waals surface area contributed by atoms with Crippen molar-refractivity contribution in [2.45, 2.75) is 91.0 Å². The molecule has 242 valence electrons. The van der Waals surface area contributed by atoms with Gasteiger partial charge in [-0.25, -0.2) is 4.68 Å². The number of carbonyl (C=O) groups excluding carboxylic acids is 4. The molecule has 14 nitrogen and oxygen atoms in total. The summed E-state index contributed by atoms with van der Waals surface area (Å²) in [5, 5.41) is 7.58. The molecule has 44 heavy (non-hydrogen) atoms. The fraction of sp³-hybridized carbons (Fsp3) is 0.586. The third-order valence-corrected chi connectivity index (χ3v) is 7.22. The number of hydrogen-bond donors (Lipinski definition) is 1. The summed E-state index contributed by atoms with van der Waals surface area (Å²) in [4.78, 5) is 48.4. The number of esters is 3. The number of rotatable bonds is 12. The Morgan fingerprint density at radius 1 is 0.955 bits per heavy atom. The molecule has 0 unspecified atom stereocenters. The van der Waals surface area contributed by atoms with Crippen molar-refractivity contribution >= 4 is 36.0 Å². The normalized spacial score (nSPS) is 21.3. The largest absolute Gasteiger partial charge is 0.493 e. The summed E-state index contributed by atoms with van der Waals surface area (Å²) in [6.07, 6.45) is -3.64. The molecular formula is C29H40N4O10S. The number of methoxy groups -OCH3 is 2. The summed E-state index contributed by atoms with van der Waals surface area (Å²) in [5.41, 5.74) is 0.976. The first kappa shape index (κ1) is 34.5. The van der Waals surface area contributed by atoms with Crippen molar-refractivity contribution < 1.29 is 47.6 Å². The van der Waals surface area contributed by atoms with Gasteiger partial charge >= 0.3 is 17.9 Å². The lowest BCUT2D eigenvalue weighted by molar-refractivity contribution is -0.239. The minimum atomic E-state index is -1.24. The molecule has 1 aromatic carbocycles. The molecule has 1 N–H and O–H groups in total. The van der Waals surface area contributed by atoms with Crippen LogP contribution in [0.3, 0.4) is 0 Å². The van der Waals surface area contributed by atoms with E-state index >= 15 is 0 Å².